The summed E-state index contributed by atoms with van der Waals surface area (Å²) in [5.41, 5.74) is 1.03. The number of hydrogen-bond acceptors (Lipinski definition) is 7. The molecule has 0 bridgehead atoms. The lowest BCUT2D eigenvalue weighted by Gasteiger charge is -2.21. The van der Waals surface area contributed by atoms with Crippen molar-refractivity contribution in [2.45, 2.75) is 20.8 Å². The van der Waals surface area contributed by atoms with Gasteiger partial charge >= 0.3 is 0 Å². The Labute approximate surface area is 133 Å². The van der Waals surface area contributed by atoms with E-state index in [1.807, 2.05) is 0 Å². The number of thiophene rings is 1. The molecule has 9 heteroatoms. The Morgan fingerprint density at radius 2 is 2.19 bits per heavy atom. The SMILES string of the molecule is COCCOCOCC1CCSc2sc(S(N)(=O)=O)cc21. The van der Waals surface area contributed by atoms with Crippen molar-refractivity contribution in [3.63, 3.8) is 0 Å². The van der Waals surface area contributed by atoms with Crippen LogP contribution in [0, 0.1) is 0 Å². The fraction of sp³-hybridized carbons (Fsp3) is 0.667. The lowest BCUT2D eigenvalue weighted by Crippen LogP contribution is -2.15. The number of primary sulfonamides is 1. The van der Waals surface area contributed by atoms with Crippen molar-refractivity contribution in [2.24, 2.45) is 5.14 Å². The van der Waals surface area contributed by atoms with Gasteiger partial charge in [-0.3, -0.25) is 0 Å². The molecule has 2 heterocycles. The first-order valence-corrected chi connectivity index (χ1v) is 9.81. The molecule has 1 aromatic heterocycles. The van der Waals surface area contributed by atoms with E-state index < -0.39 is 10.0 Å². The van der Waals surface area contributed by atoms with Gasteiger partial charge in [0.05, 0.1) is 24.0 Å². The summed E-state index contributed by atoms with van der Waals surface area (Å²) in [6, 6.07) is 1.68. The molecular weight excluding hydrogens is 334 g/mol. The van der Waals surface area contributed by atoms with Gasteiger partial charge < -0.3 is 14.2 Å². The van der Waals surface area contributed by atoms with E-state index in [1.165, 1.54) is 11.3 Å². The van der Waals surface area contributed by atoms with Crippen molar-refractivity contribution >= 4 is 33.1 Å². The number of ether oxygens (including phenoxy) is 3. The van der Waals surface area contributed by atoms with Crippen LogP contribution in [0.1, 0.15) is 17.9 Å². The standard InChI is InChI=1S/C12H19NO5S3/c1-16-3-4-17-8-18-7-9-2-5-19-12-10(9)6-11(20-12)21(13,14)15/h6,9H,2-5,7-8H2,1H3,(H2,13,14,15). The van der Waals surface area contributed by atoms with E-state index in [0.717, 1.165) is 21.9 Å². The second kappa shape index (κ2) is 7.91. The van der Waals surface area contributed by atoms with Crippen molar-refractivity contribution < 1.29 is 22.6 Å². The lowest BCUT2D eigenvalue weighted by atomic mass is 10.0. The van der Waals surface area contributed by atoms with Gasteiger partial charge in [-0.25, -0.2) is 13.6 Å². The molecule has 1 unspecified atom stereocenters. The topological polar surface area (TPSA) is 87.8 Å². The maximum atomic E-state index is 11.4. The quantitative estimate of drug-likeness (QED) is 0.564. The number of nitrogens with two attached hydrogens (primary N) is 1. The van der Waals surface area contributed by atoms with Crippen LogP contribution in [0.15, 0.2) is 14.5 Å². The van der Waals surface area contributed by atoms with Gasteiger partial charge in [0.1, 0.15) is 11.0 Å². The summed E-state index contributed by atoms with van der Waals surface area (Å²) >= 11 is 2.92. The highest BCUT2D eigenvalue weighted by atomic mass is 32.3. The average Bonchev–Trinajstić information content (AvgIpc) is 2.87. The van der Waals surface area contributed by atoms with E-state index in [9.17, 15) is 8.42 Å². The van der Waals surface area contributed by atoms with Crippen LogP contribution in [0.4, 0.5) is 0 Å². The number of hydrogen-bond donors (Lipinski definition) is 1. The molecule has 1 aliphatic heterocycles. The Balaban J connectivity index is 1.91. The van der Waals surface area contributed by atoms with Crippen molar-refractivity contribution in [3.05, 3.63) is 11.6 Å². The van der Waals surface area contributed by atoms with Crippen molar-refractivity contribution in [2.75, 3.05) is 39.5 Å². The summed E-state index contributed by atoms with van der Waals surface area (Å²) in [6.07, 6.45) is 0.955. The first kappa shape index (κ1) is 17.2. The van der Waals surface area contributed by atoms with E-state index in [-0.39, 0.29) is 16.9 Å². The minimum atomic E-state index is -3.63. The third-order valence-electron chi connectivity index (χ3n) is 3.04. The molecular formula is C12H19NO5S3. The monoisotopic (exact) mass is 353 g/mol. The number of thioether (sulfide) groups is 1. The zero-order valence-corrected chi connectivity index (χ0v) is 14.2. The Kier molecular flexibility index (Phi) is 6.48. The minimum Gasteiger partial charge on any atom is -0.382 e. The number of methoxy groups -OCH3 is 1. The third-order valence-corrected chi connectivity index (χ3v) is 6.95. The summed E-state index contributed by atoms with van der Waals surface area (Å²) in [4.78, 5) is 0. The van der Waals surface area contributed by atoms with E-state index in [0.29, 0.717) is 19.8 Å². The number of fused-ring (bicyclic) bond motifs is 1. The van der Waals surface area contributed by atoms with Crippen LogP contribution in [0.3, 0.4) is 0 Å². The Bertz CT molecular complexity index is 557. The predicted octanol–water partition coefficient (Wildman–Crippen LogP) is 1.61. The molecule has 0 aromatic carbocycles. The minimum absolute atomic E-state index is 0.194. The molecule has 0 radical (unpaired) electrons. The molecule has 1 aliphatic rings. The van der Waals surface area contributed by atoms with E-state index in [2.05, 4.69) is 0 Å². The fourth-order valence-electron chi connectivity index (χ4n) is 1.98. The van der Waals surface area contributed by atoms with Crippen molar-refractivity contribution in [3.8, 4) is 0 Å². The van der Waals surface area contributed by atoms with Crippen LogP contribution in [0.2, 0.25) is 0 Å². The molecule has 120 valence electrons. The molecule has 21 heavy (non-hydrogen) atoms. The van der Waals surface area contributed by atoms with Crippen LogP contribution in [-0.4, -0.2) is 47.9 Å². The summed E-state index contributed by atoms with van der Waals surface area (Å²) < 4.78 is 39.7. The molecule has 2 N–H and O–H groups in total. The van der Waals surface area contributed by atoms with Crippen LogP contribution < -0.4 is 5.14 Å². The molecule has 0 saturated carbocycles. The predicted molar refractivity (Wildman–Crippen MR) is 82.4 cm³/mol. The van der Waals surface area contributed by atoms with E-state index in [1.54, 1.807) is 24.9 Å². The smallest absolute Gasteiger partial charge is 0.247 e. The summed E-state index contributed by atoms with van der Waals surface area (Å²) in [6.45, 7) is 1.77. The normalized spacial score (nSPS) is 18.7. The molecule has 0 aliphatic carbocycles. The summed E-state index contributed by atoms with van der Waals surface area (Å²) in [5, 5.41) is 5.19. The molecule has 0 fully saturated rings. The molecule has 6 nitrogen and oxygen atoms in total. The largest absolute Gasteiger partial charge is 0.382 e. The lowest BCUT2D eigenvalue weighted by molar-refractivity contribution is -0.0696. The number of sulfonamides is 1. The number of rotatable bonds is 8. The molecule has 0 amide bonds. The van der Waals surface area contributed by atoms with Crippen LogP contribution in [0.25, 0.3) is 0 Å². The Morgan fingerprint density at radius 3 is 2.90 bits per heavy atom. The Hall–Kier alpha value is -0.160. The Morgan fingerprint density at radius 1 is 1.38 bits per heavy atom. The summed E-state index contributed by atoms with van der Waals surface area (Å²) in [5.74, 6) is 1.15. The van der Waals surface area contributed by atoms with E-state index >= 15 is 0 Å². The third kappa shape index (κ3) is 4.92. The molecule has 1 aromatic rings. The van der Waals surface area contributed by atoms with Gasteiger partial charge in [0.25, 0.3) is 0 Å². The highest BCUT2D eigenvalue weighted by Gasteiger charge is 2.26. The average molecular weight is 353 g/mol. The molecule has 0 saturated heterocycles. The fourth-order valence-corrected chi connectivity index (χ4v) is 5.59. The van der Waals surface area contributed by atoms with Gasteiger partial charge in [0.15, 0.2) is 0 Å². The van der Waals surface area contributed by atoms with Crippen LogP contribution >= 0.6 is 23.1 Å². The van der Waals surface area contributed by atoms with Crippen molar-refractivity contribution in [1.29, 1.82) is 0 Å². The van der Waals surface area contributed by atoms with Gasteiger partial charge in [0.2, 0.25) is 10.0 Å². The second-order valence-corrected chi connectivity index (χ2v) is 8.78. The first-order chi connectivity index (χ1) is 10.0. The maximum absolute atomic E-state index is 11.4. The molecule has 1 atom stereocenters. The second-order valence-electron chi connectivity index (χ2n) is 4.58. The van der Waals surface area contributed by atoms with Gasteiger partial charge in [-0.15, -0.1) is 23.1 Å². The first-order valence-electron chi connectivity index (χ1n) is 6.46. The van der Waals surface area contributed by atoms with Crippen LogP contribution in [0.5, 0.6) is 0 Å². The highest BCUT2D eigenvalue weighted by molar-refractivity contribution is 8.01. The zero-order chi connectivity index (χ0) is 15.3. The molecule has 0 spiro atoms. The van der Waals surface area contributed by atoms with Crippen LogP contribution in [-0.2, 0) is 24.2 Å². The van der Waals surface area contributed by atoms with Gasteiger partial charge in [-0.2, -0.15) is 0 Å². The molecule has 2 rings (SSSR count). The van der Waals surface area contributed by atoms with Gasteiger partial charge in [-0.05, 0) is 23.8 Å². The van der Waals surface area contributed by atoms with Gasteiger partial charge in [0, 0.05) is 13.0 Å². The summed E-state index contributed by atoms with van der Waals surface area (Å²) in [7, 11) is -2.01. The van der Waals surface area contributed by atoms with Crippen molar-refractivity contribution in [1.82, 2.24) is 0 Å². The highest BCUT2D eigenvalue weighted by Crippen LogP contribution is 2.44. The zero-order valence-electron chi connectivity index (χ0n) is 11.7. The van der Waals surface area contributed by atoms with Gasteiger partial charge in [-0.1, -0.05) is 0 Å². The maximum Gasteiger partial charge on any atom is 0.247 e. The van der Waals surface area contributed by atoms with E-state index in [4.69, 9.17) is 19.3 Å².